The molecule has 1 aliphatic rings. The Morgan fingerprint density at radius 1 is 1.33 bits per heavy atom. The van der Waals surface area contributed by atoms with Gasteiger partial charge in [0.05, 0.1) is 0 Å². The Bertz CT molecular complexity index is 525. The molecule has 1 N–H and O–H groups in total. The van der Waals surface area contributed by atoms with Gasteiger partial charge in [-0.1, -0.05) is 12.1 Å². The van der Waals surface area contributed by atoms with E-state index in [0.29, 0.717) is 24.2 Å². The van der Waals surface area contributed by atoms with E-state index < -0.39 is 10.2 Å². The molecule has 4 nitrogen and oxygen atoms in total. The highest BCUT2D eigenvalue weighted by Gasteiger charge is 2.24. The zero-order chi connectivity index (χ0) is 13.2. The number of halogens is 1. The molecule has 1 aromatic rings. The van der Waals surface area contributed by atoms with Crippen molar-refractivity contribution in [2.45, 2.75) is 26.3 Å². The Labute approximate surface area is 107 Å². The van der Waals surface area contributed by atoms with Crippen molar-refractivity contribution in [1.29, 1.82) is 0 Å². The molecule has 0 aromatic heterocycles. The van der Waals surface area contributed by atoms with Gasteiger partial charge < -0.3 is 0 Å². The van der Waals surface area contributed by atoms with Gasteiger partial charge in [-0.3, -0.25) is 0 Å². The van der Waals surface area contributed by atoms with Gasteiger partial charge >= 0.3 is 0 Å². The average molecular weight is 272 g/mol. The highest BCUT2D eigenvalue weighted by molar-refractivity contribution is 7.87. The minimum Gasteiger partial charge on any atom is -0.207 e. The van der Waals surface area contributed by atoms with E-state index in [0.717, 1.165) is 12.8 Å². The molecule has 100 valence electrons. The summed E-state index contributed by atoms with van der Waals surface area (Å²) in [6.07, 6.45) is 1.81. The molecule has 0 radical (unpaired) electrons. The first-order chi connectivity index (χ1) is 8.49. The lowest BCUT2D eigenvalue weighted by Crippen LogP contribution is -2.38. The van der Waals surface area contributed by atoms with Crippen molar-refractivity contribution >= 4 is 10.2 Å². The van der Waals surface area contributed by atoms with E-state index in [1.54, 1.807) is 19.1 Å². The van der Waals surface area contributed by atoms with E-state index in [2.05, 4.69) is 4.72 Å². The fourth-order valence-electron chi connectivity index (χ4n) is 1.94. The van der Waals surface area contributed by atoms with Crippen LogP contribution in [-0.4, -0.2) is 25.8 Å². The van der Waals surface area contributed by atoms with Crippen LogP contribution in [0.5, 0.6) is 0 Å². The van der Waals surface area contributed by atoms with Crippen LogP contribution in [0.25, 0.3) is 0 Å². The maximum Gasteiger partial charge on any atom is 0.279 e. The fourth-order valence-corrected chi connectivity index (χ4v) is 3.21. The van der Waals surface area contributed by atoms with Crippen LogP contribution in [0.4, 0.5) is 4.39 Å². The van der Waals surface area contributed by atoms with E-state index in [1.165, 1.54) is 10.4 Å². The smallest absolute Gasteiger partial charge is 0.207 e. The van der Waals surface area contributed by atoms with Crippen LogP contribution < -0.4 is 4.72 Å². The lowest BCUT2D eigenvalue weighted by atomic mass is 10.1. The van der Waals surface area contributed by atoms with E-state index in [9.17, 15) is 12.8 Å². The number of nitrogens with one attached hydrogen (secondary N) is 1. The summed E-state index contributed by atoms with van der Waals surface area (Å²) in [6, 6.07) is 4.74. The summed E-state index contributed by atoms with van der Waals surface area (Å²) >= 11 is 0. The van der Waals surface area contributed by atoms with Crippen molar-refractivity contribution in [3.05, 3.63) is 35.1 Å². The first-order valence-electron chi connectivity index (χ1n) is 5.99. The molecule has 0 unspecified atom stereocenters. The monoisotopic (exact) mass is 272 g/mol. The second-order valence-electron chi connectivity index (χ2n) is 4.52. The van der Waals surface area contributed by atoms with E-state index in [4.69, 9.17) is 0 Å². The van der Waals surface area contributed by atoms with E-state index >= 15 is 0 Å². The Kier molecular flexibility index (Phi) is 3.99. The number of aryl methyl sites for hydroxylation is 1. The SMILES string of the molecule is Cc1ccc(CNS(=O)(=O)N2CCCC2)cc1F. The molecule has 1 fully saturated rings. The first kappa shape index (κ1) is 13.5. The van der Waals surface area contributed by atoms with Gasteiger partial charge in [0.15, 0.2) is 0 Å². The minimum absolute atomic E-state index is 0.121. The summed E-state index contributed by atoms with van der Waals surface area (Å²) in [5.41, 5.74) is 1.18. The van der Waals surface area contributed by atoms with Crippen molar-refractivity contribution in [3.8, 4) is 0 Å². The summed E-state index contributed by atoms with van der Waals surface area (Å²) in [4.78, 5) is 0. The van der Waals surface area contributed by atoms with Crippen molar-refractivity contribution in [2.24, 2.45) is 0 Å². The number of nitrogens with zero attached hydrogens (tertiary/aromatic N) is 1. The van der Waals surface area contributed by atoms with Gasteiger partial charge in [-0.15, -0.1) is 0 Å². The van der Waals surface area contributed by atoms with Gasteiger partial charge in [0.1, 0.15) is 5.82 Å². The maximum atomic E-state index is 13.3. The third-order valence-electron chi connectivity index (χ3n) is 3.10. The number of hydrogen-bond acceptors (Lipinski definition) is 2. The Morgan fingerprint density at radius 3 is 2.61 bits per heavy atom. The summed E-state index contributed by atoms with van der Waals surface area (Å²) in [5, 5.41) is 0. The predicted octanol–water partition coefficient (Wildman–Crippen LogP) is 1.56. The molecule has 1 aliphatic heterocycles. The first-order valence-corrected chi connectivity index (χ1v) is 7.43. The molecule has 0 aliphatic carbocycles. The van der Waals surface area contributed by atoms with Crippen molar-refractivity contribution in [2.75, 3.05) is 13.1 Å². The highest BCUT2D eigenvalue weighted by atomic mass is 32.2. The molecular formula is C12H17FN2O2S. The van der Waals surface area contributed by atoms with Crippen LogP contribution in [0, 0.1) is 12.7 Å². The third kappa shape index (κ3) is 3.07. The molecule has 1 heterocycles. The highest BCUT2D eigenvalue weighted by Crippen LogP contribution is 2.13. The zero-order valence-corrected chi connectivity index (χ0v) is 11.1. The predicted molar refractivity (Wildman–Crippen MR) is 67.7 cm³/mol. The molecule has 6 heteroatoms. The molecule has 0 saturated carbocycles. The van der Waals surface area contributed by atoms with E-state index in [1.807, 2.05) is 0 Å². The summed E-state index contributed by atoms with van der Waals surface area (Å²) in [6.45, 7) is 2.93. The second-order valence-corrected chi connectivity index (χ2v) is 6.27. The van der Waals surface area contributed by atoms with Crippen LogP contribution >= 0.6 is 0 Å². The quantitative estimate of drug-likeness (QED) is 0.904. The standard InChI is InChI=1S/C12H17FN2O2S/c1-10-4-5-11(8-12(10)13)9-14-18(16,17)15-6-2-3-7-15/h4-5,8,14H,2-3,6-7,9H2,1H3. The van der Waals surface area contributed by atoms with Crippen LogP contribution in [0.15, 0.2) is 18.2 Å². The number of rotatable bonds is 4. The van der Waals surface area contributed by atoms with Gasteiger partial charge in [0, 0.05) is 19.6 Å². The van der Waals surface area contributed by atoms with Gasteiger partial charge in [-0.05, 0) is 37.0 Å². The van der Waals surface area contributed by atoms with Crippen molar-refractivity contribution in [1.82, 2.24) is 9.03 Å². The number of hydrogen-bond donors (Lipinski definition) is 1. The Morgan fingerprint density at radius 2 is 2.00 bits per heavy atom. The summed E-state index contributed by atoms with van der Waals surface area (Å²) in [5.74, 6) is -0.312. The maximum absolute atomic E-state index is 13.3. The number of benzene rings is 1. The second kappa shape index (κ2) is 5.34. The molecule has 0 atom stereocenters. The molecule has 0 spiro atoms. The van der Waals surface area contributed by atoms with Crippen LogP contribution in [0.2, 0.25) is 0 Å². The largest absolute Gasteiger partial charge is 0.279 e. The van der Waals surface area contributed by atoms with Gasteiger partial charge in [0.2, 0.25) is 0 Å². The summed E-state index contributed by atoms with van der Waals surface area (Å²) < 4.78 is 41.0. The van der Waals surface area contributed by atoms with Gasteiger partial charge in [-0.25, -0.2) is 4.39 Å². The molecule has 1 saturated heterocycles. The Balaban J connectivity index is 2.00. The zero-order valence-electron chi connectivity index (χ0n) is 10.3. The Hall–Kier alpha value is -0.980. The molecule has 0 amide bonds. The molecule has 2 rings (SSSR count). The fraction of sp³-hybridized carbons (Fsp3) is 0.500. The molecule has 18 heavy (non-hydrogen) atoms. The van der Waals surface area contributed by atoms with Gasteiger partial charge in [-0.2, -0.15) is 17.4 Å². The molecular weight excluding hydrogens is 255 g/mol. The lowest BCUT2D eigenvalue weighted by molar-refractivity contribution is 0.464. The molecule has 1 aromatic carbocycles. The van der Waals surface area contributed by atoms with Crippen LogP contribution in [-0.2, 0) is 16.8 Å². The van der Waals surface area contributed by atoms with Gasteiger partial charge in [0.25, 0.3) is 10.2 Å². The van der Waals surface area contributed by atoms with Crippen LogP contribution in [0.1, 0.15) is 24.0 Å². The van der Waals surface area contributed by atoms with Crippen molar-refractivity contribution in [3.63, 3.8) is 0 Å². The third-order valence-corrected chi connectivity index (χ3v) is 4.65. The minimum atomic E-state index is -3.42. The average Bonchev–Trinajstić information content (AvgIpc) is 2.85. The summed E-state index contributed by atoms with van der Waals surface area (Å²) in [7, 11) is -3.42. The van der Waals surface area contributed by atoms with E-state index in [-0.39, 0.29) is 12.4 Å². The van der Waals surface area contributed by atoms with Crippen molar-refractivity contribution < 1.29 is 12.8 Å². The normalized spacial score (nSPS) is 17.2. The molecule has 0 bridgehead atoms. The lowest BCUT2D eigenvalue weighted by Gasteiger charge is -2.16. The topological polar surface area (TPSA) is 49.4 Å². The van der Waals surface area contributed by atoms with Crippen LogP contribution in [0.3, 0.4) is 0 Å².